The van der Waals surface area contributed by atoms with Gasteiger partial charge in [-0.3, -0.25) is 0 Å². The maximum atomic E-state index is 12.3. The summed E-state index contributed by atoms with van der Waals surface area (Å²) in [5, 5.41) is 7.64. The number of carbonyl (C=O) groups is 1. The first-order valence-electron chi connectivity index (χ1n) is 10.7. The molecule has 0 aliphatic carbocycles. The Balaban J connectivity index is 1.41. The number of aromatic nitrogens is 5. The van der Waals surface area contributed by atoms with Gasteiger partial charge in [0.1, 0.15) is 0 Å². The fraction of sp³-hybridized carbons (Fsp3) is 0.160. The molecule has 4 rings (SSSR count). The van der Waals surface area contributed by atoms with E-state index in [1.54, 1.807) is 6.08 Å². The van der Waals surface area contributed by atoms with Crippen molar-refractivity contribution < 1.29 is 9.53 Å². The fourth-order valence-corrected chi connectivity index (χ4v) is 3.38. The second-order valence-electron chi connectivity index (χ2n) is 7.70. The van der Waals surface area contributed by atoms with Gasteiger partial charge in [-0.15, -0.1) is 0 Å². The van der Waals surface area contributed by atoms with Crippen molar-refractivity contribution in [2.75, 3.05) is 11.1 Å². The Morgan fingerprint density at radius 2 is 1.76 bits per heavy atom. The number of rotatable bonds is 7. The monoisotopic (exact) mass is 455 g/mol. The summed E-state index contributed by atoms with van der Waals surface area (Å²) in [5.41, 5.74) is 11.3. The average molecular weight is 456 g/mol. The Hall–Kier alpha value is -4.53. The average Bonchev–Trinajstić information content (AvgIpc) is 3.11. The highest BCUT2D eigenvalue weighted by atomic mass is 16.5. The molecule has 0 aliphatic heterocycles. The van der Waals surface area contributed by atoms with E-state index < -0.39 is 5.97 Å². The second kappa shape index (κ2) is 9.95. The van der Waals surface area contributed by atoms with E-state index in [0.29, 0.717) is 0 Å². The first-order valence-corrected chi connectivity index (χ1v) is 10.7. The summed E-state index contributed by atoms with van der Waals surface area (Å²) in [4.78, 5) is 24.7. The van der Waals surface area contributed by atoms with Crippen LogP contribution in [0.25, 0.3) is 11.8 Å². The molecule has 0 saturated carbocycles. The van der Waals surface area contributed by atoms with E-state index in [9.17, 15) is 4.79 Å². The van der Waals surface area contributed by atoms with E-state index in [-0.39, 0.29) is 24.3 Å². The van der Waals surface area contributed by atoms with E-state index in [1.165, 1.54) is 6.08 Å². The van der Waals surface area contributed by atoms with Crippen LogP contribution in [-0.4, -0.2) is 30.7 Å². The van der Waals surface area contributed by atoms with Gasteiger partial charge in [-0.25, -0.2) is 9.48 Å². The van der Waals surface area contributed by atoms with Crippen LogP contribution in [0.15, 0.2) is 60.7 Å². The molecule has 2 aromatic carbocycles. The zero-order valence-electron chi connectivity index (χ0n) is 19.2. The van der Waals surface area contributed by atoms with Crippen LogP contribution in [0.3, 0.4) is 0 Å². The first kappa shape index (κ1) is 22.7. The van der Waals surface area contributed by atoms with Gasteiger partial charge in [0, 0.05) is 23.0 Å². The quantitative estimate of drug-likeness (QED) is 0.316. The molecule has 0 radical (unpaired) electrons. The van der Waals surface area contributed by atoms with Crippen molar-refractivity contribution in [3.8, 4) is 5.69 Å². The zero-order chi connectivity index (χ0) is 24.1. The Labute approximate surface area is 197 Å². The molecular formula is C25H25N7O2. The summed E-state index contributed by atoms with van der Waals surface area (Å²) in [7, 11) is 0. The van der Waals surface area contributed by atoms with Crippen LogP contribution in [0.5, 0.6) is 0 Å². The molecule has 0 spiro atoms. The number of anilines is 3. The standard InChI is InChI=1S/C25H25N7O2/c1-16-9-11-19(12-10-16)27-25-29-22(28-24(26)30-25)15-34-23(33)14-13-21-17(2)31-32(18(21)3)20-7-5-4-6-8-20/h4-14H,15H2,1-3H3,(H3,26,27,28,29,30)/b14-13+. The van der Waals surface area contributed by atoms with Gasteiger partial charge in [0.2, 0.25) is 11.9 Å². The fourth-order valence-electron chi connectivity index (χ4n) is 3.38. The van der Waals surface area contributed by atoms with Crippen LogP contribution in [0.2, 0.25) is 0 Å². The summed E-state index contributed by atoms with van der Waals surface area (Å²) >= 11 is 0. The number of para-hydroxylation sites is 1. The van der Waals surface area contributed by atoms with E-state index in [2.05, 4.69) is 25.4 Å². The minimum Gasteiger partial charge on any atom is -0.454 e. The second-order valence-corrected chi connectivity index (χ2v) is 7.70. The smallest absolute Gasteiger partial charge is 0.331 e. The van der Waals surface area contributed by atoms with Crippen molar-refractivity contribution in [1.82, 2.24) is 24.7 Å². The van der Waals surface area contributed by atoms with Gasteiger partial charge in [0.15, 0.2) is 12.4 Å². The molecule has 0 atom stereocenters. The summed E-state index contributed by atoms with van der Waals surface area (Å²) in [6.07, 6.45) is 3.06. The number of nitrogen functional groups attached to an aromatic ring is 1. The van der Waals surface area contributed by atoms with Crippen molar-refractivity contribution in [3.63, 3.8) is 0 Å². The predicted octanol–water partition coefficient (Wildman–Crippen LogP) is 4.06. The number of hydrogen-bond donors (Lipinski definition) is 2. The predicted molar refractivity (Wildman–Crippen MR) is 131 cm³/mol. The van der Waals surface area contributed by atoms with Crippen LogP contribution in [0, 0.1) is 20.8 Å². The number of ether oxygens (including phenoxy) is 1. The third kappa shape index (κ3) is 5.44. The number of hydrogen-bond acceptors (Lipinski definition) is 8. The Morgan fingerprint density at radius 3 is 2.50 bits per heavy atom. The van der Waals surface area contributed by atoms with Gasteiger partial charge in [-0.1, -0.05) is 35.9 Å². The Kier molecular flexibility index (Phi) is 6.63. The molecule has 4 aromatic rings. The zero-order valence-corrected chi connectivity index (χ0v) is 19.2. The third-order valence-corrected chi connectivity index (χ3v) is 5.08. The van der Waals surface area contributed by atoms with Gasteiger partial charge in [-0.05, 0) is 51.1 Å². The van der Waals surface area contributed by atoms with Crippen LogP contribution in [0.4, 0.5) is 17.6 Å². The summed E-state index contributed by atoms with van der Waals surface area (Å²) < 4.78 is 7.15. The lowest BCUT2D eigenvalue weighted by molar-refractivity contribution is -0.139. The molecule has 0 aliphatic rings. The van der Waals surface area contributed by atoms with Crippen LogP contribution < -0.4 is 11.1 Å². The molecule has 2 aromatic heterocycles. The summed E-state index contributed by atoms with van der Waals surface area (Å²) in [5.74, 6) is 0.0229. The van der Waals surface area contributed by atoms with Gasteiger partial charge >= 0.3 is 5.97 Å². The number of benzene rings is 2. The minimum absolute atomic E-state index is 0.0331. The van der Waals surface area contributed by atoms with Gasteiger partial charge < -0.3 is 15.8 Å². The van der Waals surface area contributed by atoms with Crippen molar-refractivity contribution in [1.29, 1.82) is 0 Å². The lowest BCUT2D eigenvalue weighted by Crippen LogP contribution is -2.10. The van der Waals surface area contributed by atoms with Crippen molar-refractivity contribution in [2.24, 2.45) is 0 Å². The third-order valence-electron chi connectivity index (χ3n) is 5.08. The van der Waals surface area contributed by atoms with Gasteiger partial charge in [-0.2, -0.15) is 20.1 Å². The van der Waals surface area contributed by atoms with Crippen molar-refractivity contribution in [3.05, 3.63) is 89.0 Å². The highest BCUT2D eigenvalue weighted by molar-refractivity contribution is 5.87. The summed E-state index contributed by atoms with van der Waals surface area (Å²) in [6.45, 7) is 5.71. The Morgan fingerprint density at radius 1 is 1.03 bits per heavy atom. The van der Waals surface area contributed by atoms with E-state index in [4.69, 9.17) is 10.5 Å². The highest BCUT2D eigenvalue weighted by Crippen LogP contribution is 2.19. The van der Waals surface area contributed by atoms with E-state index >= 15 is 0 Å². The topological polar surface area (TPSA) is 121 Å². The molecule has 172 valence electrons. The number of nitrogens with zero attached hydrogens (tertiary/aromatic N) is 5. The van der Waals surface area contributed by atoms with Gasteiger partial charge in [0.05, 0.1) is 11.4 Å². The normalized spacial score (nSPS) is 11.0. The van der Waals surface area contributed by atoms with Crippen molar-refractivity contribution in [2.45, 2.75) is 27.4 Å². The number of esters is 1. The molecule has 0 unspecified atom stereocenters. The molecule has 0 bridgehead atoms. The van der Waals surface area contributed by atoms with Crippen LogP contribution >= 0.6 is 0 Å². The molecule has 9 nitrogen and oxygen atoms in total. The summed E-state index contributed by atoms with van der Waals surface area (Å²) in [6, 6.07) is 17.6. The number of nitrogens with two attached hydrogens (primary N) is 1. The molecule has 3 N–H and O–H groups in total. The first-order chi connectivity index (χ1) is 16.4. The minimum atomic E-state index is -0.529. The molecular weight excluding hydrogens is 430 g/mol. The van der Waals surface area contributed by atoms with Crippen LogP contribution in [0.1, 0.15) is 28.3 Å². The lowest BCUT2D eigenvalue weighted by Gasteiger charge is -2.07. The van der Waals surface area contributed by atoms with Crippen LogP contribution in [-0.2, 0) is 16.1 Å². The lowest BCUT2D eigenvalue weighted by atomic mass is 10.2. The number of carbonyl (C=O) groups excluding carboxylic acids is 1. The maximum absolute atomic E-state index is 12.3. The molecule has 0 fully saturated rings. The van der Waals surface area contributed by atoms with E-state index in [1.807, 2.05) is 80.1 Å². The molecule has 2 heterocycles. The SMILES string of the molecule is Cc1ccc(Nc2nc(N)nc(COC(=O)/C=C/c3c(C)nn(-c4ccccc4)c3C)n2)cc1. The molecule has 9 heteroatoms. The maximum Gasteiger partial charge on any atom is 0.331 e. The Bertz CT molecular complexity index is 1330. The van der Waals surface area contributed by atoms with Crippen molar-refractivity contribution >= 4 is 29.6 Å². The van der Waals surface area contributed by atoms with E-state index in [0.717, 1.165) is 33.9 Å². The molecule has 0 amide bonds. The largest absolute Gasteiger partial charge is 0.454 e. The number of nitrogens with one attached hydrogen (secondary N) is 1. The highest BCUT2D eigenvalue weighted by Gasteiger charge is 2.12. The molecule has 0 saturated heterocycles. The van der Waals surface area contributed by atoms with Gasteiger partial charge in [0.25, 0.3) is 0 Å². The molecule has 34 heavy (non-hydrogen) atoms. The number of aryl methyl sites for hydroxylation is 2.